The summed E-state index contributed by atoms with van der Waals surface area (Å²) in [5.41, 5.74) is 0.475. The van der Waals surface area contributed by atoms with E-state index in [4.69, 9.17) is 5.11 Å². The van der Waals surface area contributed by atoms with E-state index in [1.165, 1.54) is 6.20 Å². The summed E-state index contributed by atoms with van der Waals surface area (Å²) in [6, 6.07) is 1.63. The summed E-state index contributed by atoms with van der Waals surface area (Å²) >= 11 is 3.25. The first-order valence-electron chi connectivity index (χ1n) is 5.70. The number of aromatic nitrogens is 1. The van der Waals surface area contributed by atoms with Crippen molar-refractivity contribution in [1.29, 1.82) is 0 Å². The van der Waals surface area contributed by atoms with Crippen molar-refractivity contribution in [2.45, 2.75) is 25.3 Å². The molecule has 0 aliphatic heterocycles. The van der Waals surface area contributed by atoms with Gasteiger partial charge in [-0.2, -0.15) is 0 Å². The number of hydrogen-bond donors (Lipinski definition) is 2. The van der Waals surface area contributed by atoms with Crippen molar-refractivity contribution in [3.8, 4) is 0 Å². The van der Waals surface area contributed by atoms with E-state index in [1.54, 1.807) is 12.3 Å². The number of nitrogens with zero attached hydrogens (tertiary/aromatic N) is 1. The van der Waals surface area contributed by atoms with Crippen LogP contribution in [0.4, 0.5) is 0 Å². The van der Waals surface area contributed by atoms with Crippen LogP contribution >= 0.6 is 15.9 Å². The van der Waals surface area contributed by atoms with Gasteiger partial charge in [0.25, 0.3) is 5.91 Å². The summed E-state index contributed by atoms with van der Waals surface area (Å²) in [5, 5.41) is 11.7. The van der Waals surface area contributed by atoms with E-state index in [0.29, 0.717) is 24.8 Å². The lowest BCUT2D eigenvalue weighted by Gasteiger charge is -2.12. The third-order valence-electron chi connectivity index (χ3n) is 3.08. The summed E-state index contributed by atoms with van der Waals surface area (Å²) in [5.74, 6) is -1.33. The summed E-state index contributed by atoms with van der Waals surface area (Å²) in [6.45, 7) is 0. The second-order valence-corrected chi connectivity index (χ2v) is 5.33. The molecule has 0 radical (unpaired) electrons. The molecule has 96 valence electrons. The van der Waals surface area contributed by atoms with Crippen LogP contribution in [0.25, 0.3) is 0 Å². The molecule has 18 heavy (non-hydrogen) atoms. The average Bonchev–Trinajstić information content (AvgIpc) is 2.77. The molecule has 1 aliphatic rings. The molecule has 6 heteroatoms. The first-order chi connectivity index (χ1) is 8.56. The Labute approximate surface area is 113 Å². The van der Waals surface area contributed by atoms with Crippen LogP contribution in [0.15, 0.2) is 22.9 Å². The SMILES string of the molecule is O=C(N[C@@H]1CC[C@H](C(=O)O)C1)c1cncc(Br)c1. The van der Waals surface area contributed by atoms with Gasteiger partial charge in [0, 0.05) is 22.9 Å². The molecule has 1 saturated carbocycles. The van der Waals surface area contributed by atoms with Crippen LogP contribution in [0.1, 0.15) is 29.6 Å². The van der Waals surface area contributed by atoms with Crippen molar-refractivity contribution in [2.24, 2.45) is 5.92 Å². The molecule has 0 unspecified atom stereocenters. The number of carboxylic acid groups (broad SMARTS) is 1. The highest BCUT2D eigenvalue weighted by molar-refractivity contribution is 9.10. The minimum atomic E-state index is -0.782. The molecule has 5 nitrogen and oxygen atoms in total. The highest BCUT2D eigenvalue weighted by Gasteiger charge is 2.30. The Morgan fingerprint density at radius 1 is 1.39 bits per heavy atom. The van der Waals surface area contributed by atoms with E-state index in [-0.39, 0.29) is 17.9 Å². The molecular formula is C12H13BrN2O3. The molecule has 1 heterocycles. The van der Waals surface area contributed by atoms with Crippen LogP contribution in [-0.4, -0.2) is 28.0 Å². The number of nitrogens with one attached hydrogen (secondary N) is 1. The molecule has 1 fully saturated rings. The predicted octanol–water partition coefficient (Wildman–Crippen LogP) is 1.83. The Bertz CT molecular complexity index is 478. The fraction of sp³-hybridized carbons (Fsp3) is 0.417. The molecule has 0 spiro atoms. The quantitative estimate of drug-likeness (QED) is 0.892. The van der Waals surface area contributed by atoms with Crippen molar-refractivity contribution in [3.05, 3.63) is 28.5 Å². The maximum Gasteiger partial charge on any atom is 0.306 e. The van der Waals surface area contributed by atoms with Crippen LogP contribution in [0, 0.1) is 5.92 Å². The topological polar surface area (TPSA) is 79.3 Å². The van der Waals surface area contributed by atoms with Gasteiger partial charge < -0.3 is 10.4 Å². The summed E-state index contributed by atoms with van der Waals surface area (Å²) < 4.78 is 0.741. The fourth-order valence-electron chi connectivity index (χ4n) is 2.14. The molecule has 1 amide bonds. The summed E-state index contributed by atoms with van der Waals surface area (Å²) in [6.07, 6.45) is 4.93. The number of carboxylic acids is 1. The molecule has 0 bridgehead atoms. The van der Waals surface area contributed by atoms with Crippen molar-refractivity contribution in [2.75, 3.05) is 0 Å². The second-order valence-electron chi connectivity index (χ2n) is 4.41. The highest BCUT2D eigenvalue weighted by atomic mass is 79.9. The average molecular weight is 313 g/mol. The van der Waals surface area contributed by atoms with Crippen LogP contribution in [-0.2, 0) is 4.79 Å². The van der Waals surface area contributed by atoms with Gasteiger partial charge in [-0.3, -0.25) is 14.6 Å². The van der Waals surface area contributed by atoms with Gasteiger partial charge in [-0.25, -0.2) is 0 Å². The Kier molecular flexibility index (Phi) is 3.96. The van der Waals surface area contributed by atoms with E-state index >= 15 is 0 Å². The van der Waals surface area contributed by atoms with E-state index in [0.717, 1.165) is 4.47 Å². The minimum Gasteiger partial charge on any atom is -0.481 e. The summed E-state index contributed by atoms with van der Waals surface area (Å²) in [7, 11) is 0. The largest absolute Gasteiger partial charge is 0.481 e. The predicted molar refractivity (Wildman–Crippen MR) is 68.2 cm³/mol. The van der Waals surface area contributed by atoms with Crippen LogP contribution in [0.5, 0.6) is 0 Å². The van der Waals surface area contributed by atoms with Gasteiger partial charge >= 0.3 is 5.97 Å². The van der Waals surface area contributed by atoms with Gasteiger partial charge in [0.1, 0.15) is 0 Å². The lowest BCUT2D eigenvalue weighted by molar-refractivity contribution is -0.141. The standard InChI is InChI=1S/C12H13BrN2O3/c13-9-3-8(5-14-6-9)11(16)15-10-2-1-7(4-10)12(17)18/h3,5-7,10H,1-2,4H2,(H,15,16)(H,17,18)/t7-,10+/m0/s1. The lowest BCUT2D eigenvalue weighted by Crippen LogP contribution is -2.33. The van der Waals surface area contributed by atoms with Crippen LogP contribution < -0.4 is 5.32 Å². The lowest BCUT2D eigenvalue weighted by atomic mass is 10.1. The normalized spacial score (nSPS) is 22.7. The van der Waals surface area contributed by atoms with Gasteiger partial charge in [0.05, 0.1) is 11.5 Å². The molecule has 1 aromatic rings. The number of aliphatic carboxylic acids is 1. The molecule has 2 rings (SSSR count). The van der Waals surface area contributed by atoms with E-state index < -0.39 is 5.97 Å². The van der Waals surface area contributed by atoms with Crippen LogP contribution in [0.3, 0.4) is 0 Å². The molecule has 2 atom stereocenters. The van der Waals surface area contributed by atoms with Gasteiger partial charge in [-0.1, -0.05) is 0 Å². The van der Waals surface area contributed by atoms with Gasteiger partial charge in [-0.05, 0) is 41.3 Å². The first-order valence-corrected chi connectivity index (χ1v) is 6.50. The number of pyridine rings is 1. The van der Waals surface area contributed by atoms with E-state index in [9.17, 15) is 9.59 Å². The molecule has 2 N–H and O–H groups in total. The van der Waals surface area contributed by atoms with Crippen LogP contribution in [0.2, 0.25) is 0 Å². The molecule has 1 aromatic heterocycles. The Balaban J connectivity index is 1.95. The third-order valence-corrected chi connectivity index (χ3v) is 3.52. The third kappa shape index (κ3) is 3.07. The zero-order valence-corrected chi connectivity index (χ0v) is 11.2. The van der Waals surface area contributed by atoms with Crippen molar-refractivity contribution in [1.82, 2.24) is 10.3 Å². The monoisotopic (exact) mass is 312 g/mol. The minimum absolute atomic E-state index is 0.0578. The van der Waals surface area contributed by atoms with Crippen molar-refractivity contribution in [3.63, 3.8) is 0 Å². The van der Waals surface area contributed by atoms with Crippen molar-refractivity contribution >= 4 is 27.8 Å². The van der Waals surface area contributed by atoms with Crippen molar-refractivity contribution < 1.29 is 14.7 Å². The number of amides is 1. The number of halogens is 1. The molecule has 0 aromatic carbocycles. The first kappa shape index (κ1) is 13.0. The van der Waals surface area contributed by atoms with E-state index in [2.05, 4.69) is 26.2 Å². The number of hydrogen-bond acceptors (Lipinski definition) is 3. The summed E-state index contributed by atoms with van der Waals surface area (Å²) in [4.78, 5) is 26.6. The zero-order chi connectivity index (χ0) is 13.1. The van der Waals surface area contributed by atoms with Gasteiger partial charge in [0.2, 0.25) is 0 Å². The zero-order valence-electron chi connectivity index (χ0n) is 9.60. The van der Waals surface area contributed by atoms with Gasteiger partial charge in [-0.15, -0.1) is 0 Å². The number of carbonyl (C=O) groups is 2. The van der Waals surface area contributed by atoms with Gasteiger partial charge in [0.15, 0.2) is 0 Å². The fourth-order valence-corrected chi connectivity index (χ4v) is 2.51. The highest BCUT2D eigenvalue weighted by Crippen LogP contribution is 2.25. The number of rotatable bonds is 3. The Hall–Kier alpha value is -1.43. The second kappa shape index (κ2) is 5.48. The van der Waals surface area contributed by atoms with E-state index in [1.807, 2.05) is 0 Å². The smallest absolute Gasteiger partial charge is 0.306 e. The molecule has 0 saturated heterocycles. The molecule has 1 aliphatic carbocycles. The molecular weight excluding hydrogens is 300 g/mol. The maximum atomic E-state index is 11.9. The Morgan fingerprint density at radius 2 is 2.17 bits per heavy atom. The maximum absolute atomic E-state index is 11.9. The Morgan fingerprint density at radius 3 is 2.78 bits per heavy atom. The number of carbonyl (C=O) groups excluding carboxylic acids is 1.